The van der Waals surface area contributed by atoms with Gasteiger partial charge in [0.1, 0.15) is 5.00 Å². The number of anilines is 2. The number of amides is 1. The molecular weight excluding hydrogens is 342 g/mol. The van der Waals surface area contributed by atoms with Crippen molar-refractivity contribution in [2.75, 3.05) is 23.3 Å². The van der Waals surface area contributed by atoms with Crippen molar-refractivity contribution >= 4 is 28.6 Å². The molecule has 0 saturated carbocycles. The van der Waals surface area contributed by atoms with Crippen LogP contribution < -0.4 is 10.2 Å². The second-order valence-corrected chi connectivity index (χ2v) is 7.43. The molecule has 0 unspecified atom stereocenters. The number of rotatable bonds is 6. The number of hydrogen-bond acceptors (Lipinski definition) is 3. The minimum absolute atomic E-state index is 0.0638. The van der Waals surface area contributed by atoms with E-state index in [0.29, 0.717) is 0 Å². The summed E-state index contributed by atoms with van der Waals surface area (Å²) in [6.07, 6.45) is 3.95. The molecule has 1 N–H and O–H groups in total. The van der Waals surface area contributed by atoms with Crippen LogP contribution in [0.1, 0.15) is 34.6 Å². The molecule has 0 aliphatic carbocycles. The minimum atomic E-state index is -0.0638. The van der Waals surface area contributed by atoms with E-state index in [1.165, 1.54) is 5.69 Å². The van der Waals surface area contributed by atoms with E-state index >= 15 is 0 Å². The van der Waals surface area contributed by atoms with Crippen molar-refractivity contribution in [1.29, 1.82) is 0 Å². The van der Waals surface area contributed by atoms with Gasteiger partial charge in [-0.05, 0) is 69.7 Å². The molecule has 2 heterocycles. The molecule has 0 aliphatic heterocycles. The largest absolute Gasteiger partial charge is 0.372 e. The van der Waals surface area contributed by atoms with Crippen molar-refractivity contribution in [3.8, 4) is 5.00 Å². The summed E-state index contributed by atoms with van der Waals surface area (Å²) >= 11 is 1.65. The average molecular weight is 368 g/mol. The number of aromatic nitrogens is 1. The Hall–Kier alpha value is -2.53. The zero-order valence-corrected chi connectivity index (χ0v) is 16.6. The number of nitrogens with zero attached hydrogens (tertiary/aromatic N) is 2. The maximum absolute atomic E-state index is 13.0. The van der Waals surface area contributed by atoms with Crippen LogP contribution in [0.4, 0.5) is 11.4 Å². The van der Waals surface area contributed by atoms with Crippen LogP contribution in [0, 0.1) is 13.8 Å². The fraction of sp³-hybridized carbons (Fsp3) is 0.286. The molecule has 4 nitrogen and oxygen atoms in total. The second kappa shape index (κ2) is 7.79. The Morgan fingerprint density at radius 2 is 1.69 bits per heavy atom. The number of benzene rings is 1. The van der Waals surface area contributed by atoms with E-state index in [1.54, 1.807) is 11.3 Å². The van der Waals surface area contributed by atoms with Crippen LogP contribution in [0.15, 0.2) is 48.8 Å². The molecule has 1 aromatic carbocycles. The first-order valence-electron chi connectivity index (χ1n) is 8.94. The predicted octanol–water partition coefficient (Wildman–Crippen LogP) is 5.25. The highest BCUT2D eigenvalue weighted by Gasteiger charge is 2.20. The summed E-state index contributed by atoms with van der Waals surface area (Å²) in [5, 5.41) is 4.01. The molecule has 3 rings (SSSR count). The van der Waals surface area contributed by atoms with E-state index in [9.17, 15) is 4.79 Å². The van der Waals surface area contributed by atoms with Crippen LogP contribution in [-0.4, -0.2) is 23.6 Å². The van der Waals surface area contributed by atoms with Crippen LogP contribution in [-0.2, 0) is 0 Å². The Balaban J connectivity index is 1.85. The third-order valence-corrected chi connectivity index (χ3v) is 5.91. The number of nitrogens with one attached hydrogen (secondary N) is 1. The van der Waals surface area contributed by atoms with Gasteiger partial charge < -0.3 is 14.8 Å². The number of aryl methyl sites for hydroxylation is 1. The van der Waals surface area contributed by atoms with Crippen molar-refractivity contribution in [3.05, 3.63) is 64.8 Å². The molecule has 5 heteroatoms. The molecule has 0 fully saturated rings. The first-order chi connectivity index (χ1) is 12.5. The van der Waals surface area contributed by atoms with Gasteiger partial charge in [0, 0.05) is 41.7 Å². The maximum Gasteiger partial charge on any atom is 0.258 e. The second-order valence-electron chi connectivity index (χ2n) is 6.23. The van der Waals surface area contributed by atoms with Crippen LogP contribution in [0.25, 0.3) is 5.00 Å². The molecule has 0 bridgehead atoms. The van der Waals surface area contributed by atoms with Crippen molar-refractivity contribution in [1.82, 2.24) is 4.57 Å². The molecule has 0 atom stereocenters. The van der Waals surface area contributed by atoms with E-state index in [4.69, 9.17) is 0 Å². The lowest BCUT2D eigenvalue weighted by Gasteiger charge is -2.21. The quantitative estimate of drug-likeness (QED) is 0.646. The Kier molecular flexibility index (Phi) is 5.47. The van der Waals surface area contributed by atoms with E-state index in [0.717, 1.165) is 39.8 Å². The molecule has 2 aromatic heterocycles. The third kappa shape index (κ3) is 3.53. The average Bonchev–Trinajstić information content (AvgIpc) is 3.26. The smallest absolute Gasteiger partial charge is 0.258 e. The molecule has 0 spiro atoms. The first-order valence-corrected chi connectivity index (χ1v) is 9.76. The summed E-state index contributed by atoms with van der Waals surface area (Å²) < 4.78 is 2.00. The molecule has 136 valence electrons. The van der Waals surface area contributed by atoms with Gasteiger partial charge in [0.2, 0.25) is 0 Å². The molecule has 0 saturated heterocycles. The van der Waals surface area contributed by atoms with Crippen molar-refractivity contribution in [3.63, 3.8) is 0 Å². The SMILES string of the molecule is CCN(CC)c1ccc(NC(=O)c2c(-n3cccc3)sc(C)c2C)cc1. The van der Waals surface area contributed by atoms with E-state index in [-0.39, 0.29) is 5.91 Å². The normalized spacial score (nSPS) is 10.8. The van der Waals surface area contributed by atoms with Gasteiger partial charge in [-0.1, -0.05) is 0 Å². The number of hydrogen-bond donors (Lipinski definition) is 1. The topological polar surface area (TPSA) is 37.3 Å². The first kappa shape index (κ1) is 18.3. The van der Waals surface area contributed by atoms with Crippen LogP contribution >= 0.6 is 11.3 Å². The summed E-state index contributed by atoms with van der Waals surface area (Å²) in [6.45, 7) is 10.3. The van der Waals surface area contributed by atoms with Crippen molar-refractivity contribution in [2.24, 2.45) is 0 Å². The zero-order chi connectivity index (χ0) is 18.7. The van der Waals surface area contributed by atoms with Gasteiger partial charge in [0.25, 0.3) is 5.91 Å². The summed E-state index contributed by atoms with van der Waals surface area (Å²) in [7, 11) is 0. The lowest BCUT2D eigenvalue weighted by molar-refractivity contribution is 0.102. The highest BCUT2D eigenvalue weighted by atomic mass is 32.1. The monoisotopic (exact) mass is 367 g/mol. The molecule has 1 amide bonds. The highest BCUT2D eigenvalue weighted by molar-refractivity contribution is 7.15. The summed E-state index contributed by atoms with van der Waals surface area (Å²) in [6, 6.07) is 12.0. The summed E-state index contributed by atoms with van der Waals surface area (Å²) in [5.41, 5.74) is 3.77. The minimum Gasteiger partial charge on any atom is -0.372 e. The van der Waals surface area contributed by atoms with Gasteiger partial charge in [-0.2, -0.15) is 0 Å². The van der Waals surface area contributed by atoms with E-state index in [2.05, 4.69) is 43.1 Å². The van der Waals surface area contributed by atoms with Gasteiger partial charge in [0.05, 0.1) is 5.56 Å². The Morgan fingerprint density at radius 3 is 2.27 bits per heavy atom. The van der Waals surface area contributed by atoms with Gasteiger partial charge in [0.15, 0.2) is 0 Å². The van der Waals surface area contributed by atoms with Crippen molar-refractivity contribution in [2.45, 2.75) is 27.7 Å². The fourth-order valence-corrected chi connectivity index (χ4v) is 4.19. The standard InChI is InChI=1S/C21H25N3OS/c1-5-23(6-2)18-11-9-17(10-12-18)22-20(25)19-15(3)16(4)26-21(19)24-13-7-8-14-24/h7-14H,5-6H2,1-4H3,(H,22,25). The summed E-state index contributed by atoms with van der Waals surface area (Å²) in [4.78, 5) is 16.4. The van der Waals surface area contributed by atoms with E-state index < -0.39 is 0 Å². The van der Waals surface area contributed by atoms with Crippen LogP contribution in [0.2, 0.25) is 0 Å². The summed E-state index contributed by atoms with van der Waals surface area (Å²) in [5.74, 6) is -0.0638. The molecule has 0 radical (unpaired) electrons. The van der Waals surface area contributed by atoms with Crippen LogP contribution in [0.3, 0.4) is 0 Å². The van der Waals surface area contributed by atoms with E-state index in [1.807, 2.05) is 48.1 Å². The van der Waals surface area contributed by atoms with Gasteiger partial charge in [-0.3, -0.25) is 4.79 Å². The predicted molar refractivity (Wildman–Crippen MR) is 111 cm³/mol. The Morgan fingerprint density at radius 1 is 1.08 bits per heavy atom. The lowest BCUT2D eigenvalue weighted by Crippen LogP contribution is -2.21. The number of carbonyl (C=O) groups excluding carboxylic acids is 1. The number of carbonyl (C=O) groups is 1. The Bertz CT molecular complexity index is 875. The van der Waals surface area contributed by atoms with Crippen LogP contribution in [0.5, 0.6) is 0 Å². The van der Waals surface area contributed by atoms with Gasteiger partial charge >= 0.3 is 0 Å². The molecule has 0 aliphatic rings. The van der Waals surface area contributed by atoms with Gasteiger partial charge in [-0.25, -0.2) is 0 Å². The zero-order valence-electron chi connectivity index (χ0n) is 15.7. The maximum atomic E-state index is 13.0. The third-order valence-electron chi connectivity index (χ3n) is 4.69. The molecular formula is C21H25N3OS. The molecule has 26 heavy (non-hydrogen) atoms. The number of thiophene rings is 1. The highest BCUT2D eigenvalue weighted by Crippen LogP contribution is 2.31. The van der Waals surface area contributed by atoms with Gasteiger partial charge in [-0.15, -0.1) is 11.3 Å². The lowest BCUT2D eigenvalue weighted by atomic mass is 10.1. The molecule has 3 aromatic rings. The fourth-order valence-electron chi connectivity index (χ4n) is 3.07. The Labute approximate surface area is 159 Å². The van der Waals surface area contributed by atoms with Crippen molar-refractivity contribution < 1.29 is 4.79 Å².